The van der Waals surface area contributed by atoms with E-state index >= 15 is 0 Å². The Morgan fingerprint density at radius 3 is 2.43 bits per heavy atom. The molecule has 4 bridgehead atoms. The summed E-state index contributed by atoms with van der Waals surface area (Å²) in [4.78, 5) is 30.6. The van der Waals surface area contributed by atoms with Crippen molar-refractivity contribution in [2.24, 2.45) is 28.6 Å². The predicted molar refractivity (Wildman–Crippen MR) is 203 cm³/mol. The predicted octanol–water partition coefficient (Wildman–Crippen LogP) is 10.2. The topological polar surface area (TPSA) is 66.8 Å². The molecule has 0 radical (unpaired) electrons. The van der Waals surface area contributed by atoms with Gasteiger partial charge in [0.05, 0.1) is 12.6 Å². The van der Waals surface area contributed by atoms with Crippen molar-refractivity contribution in [3.05, 3.63) is 107 Å². The lowest BCUT2D eigenvalue weighted by molar-refractivity contribution is -0.109. The fraction of sp³-hybridized carbons (Fsp3) is 0.522. The van der Waals surface area contributed by atoms with Crippen LogP contribution in [0.3, 0.4) is 0 Å². The number of nitrogens with zero attached hydrogens (tertiary/aromatic N) is 1. The fourth-order valence-electron chi connectivity index (χ4n) is 11.2. The number of benzene rings is 3. The van der Waals surface area contributed by atoms with Crippen molar-refractivity contribution < 1.29 is 19.4 Å². The molecule has 1 amide bonds. The first-order valence-corrected chi connectivity index (χ1v) is 19.6. The molecular weight excluding hydrogens is 631 g/mol. The van der Waals surface area contributed by atoms with Gasteiger partial charge in [-0.3, -0.25) is 4.79 Å². The summed E-state index contributed by atoms with van der Waals surface area (Å²) < 4.78 is 6.67. The van der Waals surface area contributed by atoms with E-state index in [2.05, 4.69) is 69.0 Å². The molecule has 5 nitrogen and oxygen atoms in total. The highest BCUT2D eigenvalue weighted by atomic mass is 16.6. The van der Waals surface area contributed by atoms with Crippen LogP contribution in [0.15, 0.2) is 84.4 Å². The SMILES string of the molecule is CC1=CCC[C@@]2(C)[C@@H](CC[C@@]23CN(C[C@@H]2CC[C@H]4C[C@@H]2C4(C)C)C(=O)O3)c2ccc(cc2C(=O)c2ccc(-c3ccccc3)cc2)C[C@@H](O)CC1. The first-order chi connectivity index (χ1) is 24.5. The molecule has 7 atom stereocenters. The molecule has 3 aromatic rings. The second kappa shape index (κ2) is 13.1. The summed E-state index contributed by atoms with van der Waals surface area (Å²) in [6.07, 6.45) is 10.9. The maximum absolute atomic E-state index is 14.6. The van der Waals surface area contributed by atoms with E-state index in [-0.39, 0.29) is 23.2 Å². The molecule has 6 aliphatic carbocycles. The smallest absolute Gasteiger partial charge is 0.410 e. The number of carbonyl (C=O) groups is 2. The Hall–Kier alpha value is -3.70. The Morgan fingerprint density at radius 1 is 0.922 bits per heavy atom. The van der Waals surface area contributed by atoms with Crippen molar-refractivity contribution in [2.75, 3.05) is 13.1 Å². The zero-order valence-corrected chi connectivity index (χ0v) is 31.0. The van der Waals surface area contributed by atoms with E-state index in [1.807, 2.05) is 42.5 Å². The van der Waals surface area contributed by atoms with Crippen LogP contribution in [0.5, 0.6) is 0 Å². The summed E-state index contributed by atoms with van der Waals surface area (Å²) in [6.45, 7) is 10.8. The highest BCUT2D eigenvalue weighted by molar-refractivity contribution is 6.10. The van der Waals surface area contributed by atoms with Crippen LogP contribution in [0.25, 0.3) is 11.1 Å². The Kier molecular flexibility index (Phi) is 8.81. The minimum absolute atomic E-state index is 0.0100. The van der Waals surface area contributed by atoms with Crippen LogP contribution in [0.4, 0.5) is 4.79 Å². The molecule has 1 saturated heterocycles. The first kappa shape index (κ1) is 34.4. The minimum atomic E-state index is -0.605. The van der Waals surface area contributed by atoms with Gasteiger partial charge in [0.2, 0.25) is 0 Å². The molecule has 7 aliphatic rings. The van der Waals surface area contributed by atoms with Crippen LogP contribution in [-0.4, -0.2) is 46.7 Å². The summed E-state index contributed by atoms with van der Waals surface area (Å²) in [7, 11) is 0. The van der Waals surface area contributed by atoms with Gasteiger partial charge in [-0.1, -0.05) is 99.2 Å². The maximum Gasteiger partial charge on any atom is 0.410 e. The number of ether oxygens (including phenoxy) is 1. The molecule has 1 aliphatic heterocycles. The number of aliphatic hydroxyl groups excluding tert-OH is 1. The Bertz CT molecular complexity index is 1830. The van der Waals surface area contributed by atoms with Gasteiger partial charge in [0.1, 0.15) is 5.60 Å². The van der Waals surface area contributed by atoms with Crippen LogP contribution in [0, 0.1) is 28.6 Å². The number of rotatable bonds is 5. The number of carbonyl (C=O) groups excluding carboxylic acids is 2. The van der Waals surface area contributed by atoms with E-state index in [9.17, 15) is 14.7 Å². The van der Waals surface area contributed by atoms with E-state index in [1.54, 1.807) is 0 Å². The lowest BCUT2D eigenvalue weighted by Gasteiger charge is -2.60. The van der Waals surface area contributed by atoms with Gasteiger partial charge in [0, 0.05) is 23.1 Å². The lowest BCUT2D eigenvalue weighted by atomic mass is 9.45. The van der Waals surface area contributed by atoms with E-state index in [0.717, 1.165) is 72.4 Å². The second-order valence-electron chi connectivity index (χ2n) is 17.6. The molecule has 3 aromatic carbocycles. The van der Waals surface area contributed by atoms with Crippen molar-refractivity contribution >= 4 is 11.9 Å². The van der Waals surface area contributed by atoms with Crippen LogP contribution in [-0.2, 0) is 11.2 Å². The standard InChI is InChI=1S/C46H55NO4/c1-30-9-8-23-45(4)40(22-24-46(45)29-47(43(50)51-46)28-35-18-19-36-27-41(35)44(36,2)3)38-21-13-31(25-37(48)20-12-30)26-39(38)42(49)34-16-14-33(15-17-34)32-10-6-5-7-11-32/h5-7,9-11,13-17,21,26,35-37,40-41,48H,8,12,18-20,22-25,27-29H2,1-4H3/t35-,36-,37-,40-,41-,45-,46+/m0/s1. The van der Waals surface area contributed by atoms with E-state index in [0.29, 0.717) is 42.2 Å². The molecule has 1 heterocycles. The molecule has 5 fully saturated rings. The van der Waals surface area contributed by atoms with Gasteiger partial charge in [-0.25, -0.2) is 4.79 Å². The molecule has 268 valence electrons. The summed E-state index contributed by atoms with van der Waals surface area (Å²) in [6, 6.07) is 24.5. The third-order valence-corrected chi connectivity index (χ3v) is 14.6. The highest BCUT2D eigenvalue weighted by Gasteiger charge is 2.64. The number of aliphatic hydroxyl groups is 1. The fourth-order valence-corrected chi connectivity index (χ4v) is 11.2. The van der Waals surface area contributed by atoms with Crippen molar-refractivity contribution in [1.82, 2.24) is 4.90 Å². The molecule has 1 N–H and O–H groups in total. The van der Waals surface area contributed by atoms with Gasteiger partial charge in [-0.05, 0) is 129 Å². The zero-order valence-electron chi connectivity index (χ0n) is 31.0. The van der Waals surface area contributed by atoms with E-state index in [1.165, 1.54) is 24.8 Å². The molecule has 51 heavy (non-hydrogen) atoms. The average molecular weight is 686 g/mol. The monoisotopic (exact) mass is 685 g/mol. The Labute approximate surface area is 304 Å². The zero-order chi connectivity index (χ0) is 35.5. The number of ketones is 1. The largest absolute Gasteiger partial charge is 0.440 e. The number of amides is 1. The van der Waals surface area contributed by atoms with Crippen molar-refractivity contribution in [2.45, 2.75) is 110 Å². The molecule has 0 unspecified atom stereocenters. The average Bonchev–Trinajstić information content (AvgIpc) is 3.60. The van der Waals surface area contributed by atoms with Crippen molar-refractivity contribution in [3.63, 3.8) is 0 Å². The number of allylic oxidation sites excluding steroid dienone is 2. The molecule has 10 rings (SSSR count). The minimum Gasteiger partial charge on any atom is -0.440 e. The summed E-state index contributed by atoms with van der Waals surface area (Å²) in [5, 5.41) is 11.0. The number of fused-ring (bicyclic) bond motifs is 10. The van der Waals surface area contributed by atoms with Gasteiger partial charge in [-0.2, -0.15) is 0 Å². The van der Waals surface area contributed by atoms with Gasteiger partial charge < -0.3 is 14.7 Å². The maximum atomic E-state index is 14.6. The van der Waals surface area contributed by atoms with Crippen LogP contribution in [0.1, 0.15) is 118 Å². The summed E-state index contributed by atoms with van der Waals surface area (Å²) >= 11 is 0. The molecule has 4 saturated carbocycles. The van der Waals surface area contributed by atoms with Crippen LogP contribution < -0.4 is 0 Å². The molecule has 5 heteroatoms. The quantitative estimate of drug-likeness (QED) is 0.214. The summed E-state index contributed by atoms with van der Waals surface area (Å²) in [5.41, 5.74) is 6.31. The molecule has 1 spiro atoms. The number of hydrogen-bond acceptors (Lipinski definition) is 4. The van der Waals surface area contributed by atoms with Crippen LogP contribution >= 0.6 is 0 Å². The third-order valence-electron chi connectivity index (χ3n) is 14.6. The van der Waals surface area contributed by atoms with E-state index < -0.39 is 11.7 Å². The first-order valence-electron chi connectivity index (χ1n) is 19.6. The van der Waals surface area contributed by atoms with E-state index in [4.69, 9.17) is 4.74 Å². The lowest BCUT2D eigenvalue weighted by Crippen LogP contribution is -2.55. The second-order valence-corrected chi connectivity index (χ2v) is 17.6. The Balaban J connectivity index is 1.14. The normalized spacial score (nSPS) is 32.9. The van der Waals surface area contributed by atoms with Crippen molar-refractivity contribution in [1.29, 1.82) is 0 Å². The molecule has 0 aromatic heterocycles. The van der Waals surface area contributed by atoms with Crippen molar-refractivity contribution in [3.8, 4) is 11.1 Å². The molecular formula is C46H55NO4. The van der Waals surface area contributed by atoms with Gasteiger partial charge in [0.25, 0.3) is 0 Å². The van der Waals surface area contributed by atoms with Gasteiger partial charge in [-0.15, -0.1) is 0 Å². The Morgan fingerprint density at radius 2 is 1.69 bits per heavy atom. The number of hydrogen-bond donors (Lipinski definition) is 1. The van der Waals surface area contributed by atoms with Gasteiger partial charge >= 0.3 is 6.09 Å². The van der Waals surface area contributed by atoms with Crippen LogP contribution in [0.2, 0.25) is 0 Å². The summed E-state index contributed by atoms with van der Waals surface area (Å²) in [5.74, 6) is 2.11. The highest BCUT2D eigenvalue weighted by Crippen LogP contribution is 2.64. The third kappa shape index (κ3) is 5.98. The van der Waals surface area contributed by atoms with Gasteiger partial charge in [0.15, 0.2) is 5.78 Å².